The molecule has 0 aromatic heterocycles. The zero-order valence-corrected chi connectivity index (χ0v) is 16.3. The van der Waals surface area contributed by atoms with E-state index in [1.54, 1.807) is 0 Å². The van der Waals surface area contributed by atoms with Gasteiger partial charge in [-0.15, -0.1) is 0 Å². The summed E-state index contributed by atoms with van der Waals surface area (Å²) in [4.78, 5) is 9.75. The molecule has 4 nitrogen and oxygen atoms in total. The third-order valence-corrected chi connectivity index (χ3v) is 6.11. The Balaban J connectivity index is 1.67. The first kappa shape index (κ1) is 18.2. The molecule has 0 radical (unpaired) electrons. The molecule has 0 aliphatic carbocycles. The largest absolute Gasteiger partial charge is 0.364 e. The Morgan fingerprint density at radius 3 is 2.88 bits per heavy atom. The van der Waals surface area contributed by atoms with Crippen molar-refractivity contribution in [3.8, 4) is 0 Å². The predicted octanol–water partition coefficient (Wildman–Crippen LogP) is 3.36. The molecule has 0 saturated carbocycles. The molecule has 1 saturated heterocycles. The van der Waals surface area contributed by atoms with Crippen molar-refractivity contribution in [1.82, 2.24) is 10.2 Å². The summed E-state index contributed by atoms with van der Waals surface area (Å²) in [5, 5.41) is 4.21. The average molecular weight is 359 g/mol. The van der Waals surface area contributed by atoms with Gasteiger partial charge in [-0.25, -0.2) is 4.99 Å². The van der Waals surface area contributed by atoms with Crippen LogP contribution in [0.15, 0.2) is 41.4 Å². The Morgan fingerprint density at radius 1 is 1.28 bits per heavy atom. The van der Waals surface area contributed by atoms with E-state index in [9.17, 15) is 0 Å². The molecular weight excluding hydrogens is 328 g/mol. The van der Waals surface area contributed by atoms with E-state index in [1.165, 1.54) is 23.4 Å². The van der Waals surface area contributed by atoms with Crippen LogP contribution in [0.25, 0.3) is 0 Å². The smallest absolute Gasteiger partial charge is 0.194 e. The van der Waals surface area contributed by atoms with Gasteiger partial charge in [-0.2, -0.15) is 11.8 Å². The van der Waals surface area contributed by atoms with Crippen molar-refractivity contribution in [1.29, 1.82) is 0 Å². The van der Waals surface area contributed by atoms with Gasteiger partial charge in [0.05, 0.1) is 6.54 Å². The van der Waals surface area contributed by atoms with Gasteiger partial charge in [0.1, 0.15) is 0 Å². The van der Waals surface area contributed by atoms with Crippen LogP contribution in [0.4, 0.5) is 5.69 Å². The van der Waals surface area contributed by atoms with Gasteiger partial charge in [0.2, 0.25) is 0 Å². The van der Waals surface area contributed by atoms with Gasteiger partial charge >= 0.3 is 0 Å². The van der Waals surface area contributed by atoms with Crippen LogP contribution in [0.1, 0.15) is 25.8 Å². The van der Waals surface area contributed by atoms with Crippen LogP contribution in [0, 0.1) is 0 Å². The molecule has 1 aromatic rings. The van der Waals surface area contributed by atoms with E-state index in [0.717, 1.165) is 50.5 Å². The number of benzene rings is 1. The molecule has 1 N–H and O–H groups in total. The molecule has 2 aliphatic rings. The predicted molar refractivity (Wildman–Crippen MR) is 111 cm³/mol. The summed E-state index contributed by atoms with van der Waals surface area (Å²) in [5.74, 6) is 2.26. The lowest BCUT2D eigenvalue weighted by molar-refractivity contribution is 0.408. The first-order chi connectivity index (χ1) is 12.3. The van der Waals surface area contributed by atoms with Crippen molar-refractivity contribution in [2.24, 2.45) is 4.99 Å². The minimum absolute atomic E-state index is 0.726. The molecular formula is C20H30N4S. The number of guanidine groups is 1. The minimum atomic E-state index is 0.726. The lowest BCUT2D eigenvalue weighted by Gasteiger charge is -2.34. The number of nitrogens with one attached hydrogen (secondary N) is 1. The van der Waals surface area contributed by atoms with Crippen LogP contribution in [0.2, 0.25) is 0 Å². The summed E-state index contributed by atoms with van der Waals surface area (Å²) in [7, 11) is 0. The third-order valence-electron chi connectivity index (χ3n) is 4.73. The maximum absolute atomic E-state index is 4.93. The van der Waals surface area contributed by atoms with E-state index in [0.29, 0.717) is 0 Å². The Morgan fingerprint density at radius 2 is 2.12 bits per heavy atom. The fourth-order valence-electron chi connectivity index (χ4n) is 3.29. The van der Waals surface area contributed by atoms with Gasteiger partial charge in [-0.1, -0.05) is 31.2 Å². The second-order valence-electron chi connectivity index (χ2n) is 6.56. The number of rotatable bonds is 5. The topological polar surface area (TPSA) is 30.9 Å². The molecule has 2 heterocycles. The van der Waals surface area contributed by atoms with E-state index < -0.39 is 0 Å². The first-order valence-electron chi connectivity index (χ1n) is 9.44. The number of aliphatic imine (C=N–C) groups is 1. The highest BCUT2D eigenvalue weighted by atomic mass is 32.2. The molecule has 1 aromatic carbocycles. The molecule has 3 rings (SSSR count). The van der Waals surface area contributed by atoms with Gasteiger partial charge in [-0.3, -0.25) is 0 Å². The van der Waals surface area contributed by atoms with Crippen molar-refractivity contribution in [3.63, 3.8) is 0 Å². The van der Waals surface area contributed by atoms with Gasteiger partial charge in [0.15, 0.2) is 5.96 Å². The highest BCUT2D eigenvalue weighted by molar-refractivity contribution is 8.00. The van der Waals surface area contributed by atoms with Crippen LogP contribution in [-0.4, -0.2) is 54.6 Å². The van der Waals surface area contributed by atoms with Crippen molar-refractivity contribution < 1.29 is 0 Å². The molecule has 1 fully saturated rings. The number of nitrogens with zero attached hydrogens (tertiary/aromatic N) is 3. The summed E-state index contributed by atoms with van der Waals surface area (Å²) >= 11 is 2.10. The summed E-state index contributed by atoms with van der Waals surface area (Å²) < 4.78 is 0. The molecule has 0 spiro atoms. The third kappa shape index (κ3) is 4.94. The Bertz CT molecular complexity index is 605. The number of hydrogen-bond donors (Lipinski definition) is 1. The Hall–Kier alpha value is -1.62. The minimum Gasteiger partial charge on any atom is -0.364 e. The summed E-state index contributed by atoms with van der Waals surface area (Å²) in [6, 6.07) is 8.80. The van der Waals surface area contributed by atoms with Gasteiger partial charge in [-0.05, 0) is 31.0 Å². The van der Waals surface area contributed by atoms with Crippen LogP contribution in [-0.2, 0) is 6.54 Å². The standard InChI is InChI=1S/C20H30N4S/c1-3-19-16-24(12-13-25-19)20(21-4-2)22-15-17-8-7-9-18(14-17)23-10-5-6-11-23/h5-9,14,19H,3-4,10-13,15-16H2,1-2H3,(H,21,22). The molecule has 1 unspecified atom stereocenters. The first-order valence-corrected chi connectivity index (χ1v) is 10.5. The molecule has 0 bridgehead atoms. The zero-order valence-electron chi connectivity index (χ0n) is 15.4. The normalized spacial score (nSPS) is 21.0. The fraction of sp³-hybridized carbons (Fsp3) is 0.550. The second-order valence-corrected chi connectivity index (χ2v) is 7.97. The van der Waals surface area contributed by atoms with Crippen molar-refractivity contribution in [2.45, 2.75) is 32.1 Å². The molecule has 25 heavy (non-hydrogen) atoms. The van der Waals surface area contributed by atoms with Crippen molar-refractivity contribution >= 4 is 23.4 Å². The lowest BCUT2D eigenvalue weighted by atomic mass is 10.2. The van der Waals surface area contributed by atoms with E-state index in [1.807, 2.05) is 0 Å². The highest BCUT2D eigenvalue weighted by Crippen LogP contribution is 2.22. The van der Waals surface area contributed by atoms with Crippen LogP contribution >= 0.6 is 11.8 Å². The van der Waals surface area contributed by atoms with Gasteiger partial charge < -0.3 is 15.1 Å². The van der Waals surface area contributed by atoms with Crippen molar-refractivity contribution in [3.05, 3.63) is 42.0 Å². The van der Waals surface area contributed by atoms with Crippen LogP contribution in [0.5, 0.6) is 0 Å². The van der Waals surface area contributed by atoms with Crippen molar-refractivity contribution in [2.75, 3.05) is 43.4 Å². The average Bonchev–Trinajstić information content (AvgIpc) is 3.20. The Kier molecular flexibility index (Phi) is 6.68. The number of anilines is 1. The van der Waals surface area contributed by atoms with Gasteiger partial charge in [0, 0.05) is 49.4 Å². The molecule has 1 atom stereocenters. The van der Waals surface area contributed by atoms with E-state index in [4.69, 9.17) is 4.99 Å². The summed E-state index contributed by atoms with van der Waals surface area (Å²) in [6.07, 6.45) is 5.69. The summed E-state index contributed by atoms with van der Waals surface area (Å²) in [5.41, 5.74) is 2.57. The number of thioether (sulfide) groups is 1. The second kappa shape index (κ2) is 9.18. The summed E-state index contributed by atoms with van der Waals surface area (Å²) in [6.45, 7) is 10.3. The monoisotopic (exact) mass is 358 g/mol. The van der Waals surface area contributed by atoms with Gasteiger partial charge in [0.25, 0.3) is 0 Å². The van der Waals surface area contributed by atoms with E-state index in [-0.39, 0.29) is 0 Å². The molecule has 0 amide bonds. The molecule has 2 aliphatic heterocycles. The number of hydrogen-bond acceptors (Lipinski definition) is 3. The Labute approximate surface area is 156 Å². The quantitative estimate of drug-likeness (QED) is 0.497. The maximum Gasteiger partial charge on any atom is 0.194 e. The lowest BCUT2D eigenvalue weighted by Crippen LogP contribution is -2.48. The van der Waals surface area contributed by atoms with Crippen LogP contribution in [0.3, 0.4) is 0 Å². The molecule has 5 heteroatoms. The zero-order chi connectivity index (χ0) is 17.5. The van der Waals surface area contributed by atoms with E-state index in [2.05, 4.69) is 77.1 Å². The SMILES string of the molecule is CCNC(=NCc1cccc(N2CC=CC2)c1)N1CCSC(CC)C1. The fourth-order valence-corrected chi connectivity index (χ4v) is 4.47. The van der Waals surface area contributed by atoms with Crippen LogP contribution < -0.4 is 10.2 Å². The maximum atomic E-state index is 4.93. The molecule has 136 valence electrons. The highest BCUT2D eigenvalue weighted by Gasteiger charge is 2.21. The van der Waals surface area contributed by atoms with E-state index >= 15 is 0 Å².